The number of nitrogens with zero attached hydrogens (tertiary/aromatic N) is 6. The monoisotopic (exact) mass is 635 g/mol. The minimum Gasteiger partial charge on any atom is -0.410 e. The molecule has 6 aromatic rings. The number of para-hydroxylation sites is 1. The fraction of sp³-hybridized carbons (Fsp3) is 0.0357. The first-order valence-electron chi connectivity index (χ1n) is 10.9. The molecule has 0 N–H and O–H groups in total. The third-order valence-corrected chi connectivity index (χ3v) is 5.22. The van der Waals surface area contributed by atoms with E-state index in [1.54, 1.807) is 10.9 Å². The molecule has 0 aliphatic rings. The molecule has 35 heavy (non-hydrogen) atoms. The smallest absolute Gasteiger partial charge is 0.0773 e. The van der Waals surface area contributed by atoms with Crippen LogP contribution in [-0.4, -0.2) is 29.1 Å². The van der Waals surface area contributed by atoms with Crippen LogP contribution in [0.25, 0.3) is 34.0 Å². The van der Waals surface area contributed by atoms with E-state index in [-0.39, 0.29) is 20.1 Å². The van der Waals surface area contributed by atoms with E-state index in [0.717, 1.165) is 34.0 Å². The molecule has 0 bridgehead atoms. The topological polar surface area (TPSA) is 53.5 Å². The summed E-state index contributed by atoms with van der Waals surface area (Å²) in [6.45, 7) is 0. The molecule has 0 aliphatic heterocycles. The molecule has 0 amide bonds. The second kappa shape index (κ2) is 11.4. The fourth-order valence-corrected chi connectivity index (χ4v) is 3.61. The van der Waals surface area contributed by atoms with E-state index < -0.39 is 0 Å². The van der Waals surface area contributed by atoms with E-state index in [0.29, 0.717) is 0 Å². The van der Waals surface area contributed by atoms with Gasteiger partial charge in [0.25, 0.3) is 0 Å². The molecule has 6 rings (SSSR count). The Morgan fingerprint density at radius 2 is 1.43 bits per heavy atom. The molecule has 7 heteroatoms. The molecule has 3 aromatic carbocycles. The maximum Gasteiger partial charge on any atom is 0.0773 e. The van der Waals surface area contributed by atoms with Gasteiger partial charge < -0.3 is 9.55 Å². The molecular formula is C28H22IrN6-2. The Kier molecular flexibility index (Phi) is 7.83. The standard InChI is InChI=1S/C15H11N2.C13H11N4.Ir/c1-3-7-13(8-4-1)15-11-12-16-17(15)14-9-5-2-6-10-14;1-16-8-7-13(15-16)17-10-14-9-12(17)11-5-3-2-4-6-11;/h1-9,11-12H;2-9H,1H3;/q2*-1;. The van der Waals surface area contributed by atoms with Crippen LogP contribution in [0.3, 0.4) is 0 Å². The average Bonchev–Trinajstić information content (AvgIpc) is 3.67. The normalized spacial score (nSPS) is 10.2. The van der Waals surface area contributed by atoms with Gasteiger partial charge in [0.2, 0.25) is 0 Å². The molecule has 175 valence electrons. The number of hydrogen-bond acceptors (Lipinski definition) is 3. The molecule has 1 radical (unpaired) electrons. The van der Waals surface area contributed by atoms with Crippen LogP contribution in [0, 0.1) is 12.4 Å². The van der Waals surface area contributed by atoms with Gasteiger partial charge in [-0.25, -0.2) is 5.10 Å². The SMILES string of the molecule is Cn1ccc(-n2[c-]ncc2-c2ccccc2)n1.[Ir].[c-]1ccccc1-n1nccc1-c1ccccc1. The van der Waals surface area contributed by atoms with Crippen molar-refractivity contribution in [3.8, 4) is 34.0 Å². The van der Waals surface area contributed by atoms with E-state index in [9.17, 15) is 0 Å². The van der Waals surface area contributed by atoms with Crippen molar-refractivity contribution in [2.24, 2.45) is 7.05 Å². The van der Waals surface area contributed by atoms with Gasteiger partial charge in [0.05, 0.1) is 11.5 Å². The van der Waals surface area contributed by atoms with E-state index in [2.05, 4.69) is 39.7 Å². The van der Waals surface area contributed by atoms with Crippen LogP contribution in [0.15, 0.2) is 116 Å². The molecule has 6 nitrogen and oxygen atoms in total. The Bertz CT molecular complexity index is 1400. The third-order valence-electron chi connectivity index (χ3n) is 5.22. The summed E-state index contributed by atoms with van der Waals surface area (Å²) in [6.07, 6.45) is 8.43. The summed E-state index contributed by atoms with van der Waals surface area (Å²) in [5.74, 6) is 0.823. The molecular weight excluding hydrogens is 613 g/mol. The summed E-state index contributed by atoms with van der Waals surface area (Å²) in [5.41, 5.74) is 5.28. The van der Waals surface area contributed by atoms with Crippen LogP contribution in [0.5, 0.6) is 0 Å². The van der Waals surface area contributed by atoms with Gasteiger partial charge in [-0.05, 0) is 17.8 Å². The van der Waals surface area contributed by atoms with Crippen molar-refractivity contribution in [3.05, 3.63) is 128 Å². The van der Waals surface area contributed by atoms with Crippen LogP contribution < -0.4 is 0 Å². The summed E-state index contributed by atoms with van der Waals surface area (Å²) < 4.78 is 5.52. The van der Waals surface area contributed by atoms with E-state index in [4.69, 9.17) is 0 Å². The van der Waals surface area contributed by atoms with Crippen LogP contribution in [0.2, 0.25) is 0 Å². The van der Waals surface area contributed by atoms with Crippen LogP contribution in [0.4, 0.5) is 0 Å². The molecule has 0 saturated heterocycles. The first kappa shape index (κ1) is 24.1. The van der Waals surface area contributed by atoms with Gasteiger partial charge in [-0.3, -0.25) is 9.36 Å². The zero-order valence-corrected chi connectivity index (χ0v) is 21.4. The Labute approximate surface area is 217 Å². The molecule has 0 spiro atoms. The Hall–Kier alpha value is -4.06. The Morgan fingerprint density at radius 1 is 0.743 bits per heavy atom. The van der Waals surface area contributed by atoms with E-state index >= 15 is 0 Å². The largest absolute Gasteiger partial charge is 0.410 e. The first-order chi connectivity index (χ1) is 16.8. The van der Waals surface area contributed by atoms with Gasteiger partial charge in [-0.2, -0.15) is 29.4 Å². The summed E-state index contributed by atoms with van der Waals surface area (Å²) in [5, 5.41) is 8.70. The first-order valence-corrected chi connectivity index (χ1v) is 10.9. The predicted octanol–water partition coefficient (Wildman–Crippen LogP) is 5.41. The number of benzene rings is 3. The maximum absolute atomic E-state index is 4.35. The van der Waals surface area contributed by atoms with Crippen molar-refractivity contribution in [3.63, 3.8) is 0 Å². The second-order valence-electron chi connectivity index (χ2n) is 7.53. The molecule has 0 unspecified atom stereocenters. The minimum atomic E-state index is 0. The number of imidazole rings is 1. The van der Waals surface area contributed by atoms with Crippen molar-refractivity contribution in [1.82, 2.24) is 29.1 Å². The van der Waals surface area contributed by atoms with Crippen molar-refractivity contribution in [1.29, 1.82) is 0 Å². The maximum atomic E-state index is 4.35. The van der Waals surface area contributed by atoms with Gasteiger partial charge >= 0.3 is 0 Å². The quantitative estimate of drug-likeness (QED) is 0.244. The third kappa shape index (κ3) is 5.54. The Balaban J connectivity index is 0.000000160. The molecule has 3 aromatic heterocycles. The van der Waals surface area contributed by atoms with Crippen LogP contribution >= 0.6 is 0 Å². The van der Waals surface area contributed by atoms with E-state index in [1.807, 2.05) is 114 Å². The van der Waals surface area contributed by atoms with Gasteiger partial charge in [0.15, 0.2) is 0 Å². The molecule has 0 atom stereocenters. The number of aromatic nitrogens is 6. The van der Waals surface area contributed by atoms with Crippen molar-refractivity contribution < 1.29 is 20.1 Å². The van der Waals surface area contributed by atoms with E-state index in [1.165, 1.54) is 0 Å². The molecule has 0 fully saturated rings. The molecule has 0 aliphatic carbocycles. The van der Waals surface area contributed by atoms with Crippen LogP contribution in [0.1, 0.15) is 0 Å². The fourth-order valence-electron chi connectivity index (χ4n) is 3.61. The predicted molar refractivity (Wildman–Crippen MR) is 132 cm³/mol. The van der Waals surface area contributed by atoms with Gasteiger partial charge in [0.1, 0.15) is 0 Å². The summed E-state index contributed by atoms with van der Waals surface area (Å²) in [6, 6.07) is 35.3. The van der Waals surface area contributed by atoms with Crippen molar-refractivity contribution >= 4 is 0 Å². The van der Waals surface area contributed by atoms with Crippen LogP contribution in [-0.2, 0) is 27.2 Å². The van der Waals surface area contributed by atoms with Crippen molar-refractivity contribution in [2.45, 2.75) is 0 Å². The summed E-state index contributed by atoms with van der Waals surface area (Å²) >= 11 is 0. The Morgan fingerprint density at radius 3 is 2.06 bits per heavy atom. The zero-order valence-electron chi connectivity index (χ0n) is 19.0. The summed E-state index contributed by atoms with van der Waals surface area (Å²) in [4.78, 5) is 4.07. The summed E-state index contributed by atoms with van der Waals surface area (Å²) in [7, 11) is 1.89. The zero-order chi connectivity index (χ0) is 23.2. The van der Waals surface area contributed by atoms with Crippen molar-refractivity contribution in [2.75, 3.05) is 0 Å². The number of aryl methyl sites for hydroxylation is 1. The minimum absolute atomic E-state index is 0. The number of hydrogen-bond donors (Lipinski definition) is 0. The second-order valence-corrected chi connectivity index (χ2v) is 7.53. The molecule has 3 heterocycles. The average molecular weight is 635 g/mol. The van der Waals surface area contributed by atoms with Gasteiger partial charge in [-0.15, -0.1) is 6.07 Å². The number of rotatable bonds is 4. The molecule has 0 saturated carbocycles. The van der Waals surface area contributed by atoms with Gasteiger partial charge in [0, 0.05) is 51.4 Å². The van der Waals surface area contributed by atoms with Gasteiger partial charge in [-0.1, -0.05) is 78.1 Å².